The first-order chi connectivity index (χ1) is 18.3. The second-order valence-electron chi connectivity index (χ2n) is 9.29. The number of alkyl halides is 6. The molecule has 2 aromatic rings. The molecule has 0 radical (unpaired) electrons. The van der Waals surface area contributed by atoms with Crippen LogP contribution in [0.25, 0.3) is 5.57 Å². The van der Waals surface area contributed by atoms with Gasteiger partial charge >= 0.3 is 12.4 Å². The third kappa shape index (κ3) is 6.27. The summed E-state index contributed by atoms with van der Waals surface area (Å²) in [4.78, 5) is 19.4. The number of aromatic nitrogens is 1. The first kappa shape index (κ1) is 28.6. The third-order valence-electron chi connectivity index (χ3n) is 6.38. The molecule has 9 nitrogen and oxygen atoms in total. The predicted molar refractivity (Wildman–Crippen MR) is 130 cm³/mol. The SMILES string of the molecule is CN(C)c1ccc(C2=C(C3NNNN3)C(=O)N[C@@](c3ccc(OCCCC(F)(F)F)cc3)(C(F)(F)F)C2)cn1. The number of anilines is 1. The molecule has 1 amide bonds. The first-order valence-electron chi connectivity index (χ1n) is 11.9. The van der Waals surface area contributed by atoms with Gasteiger partial charge in [0, 0.05) is 33.1 Å². The van der Waals surface area contributed by atoms with Crippen LogP contribution in [0.2, 0.25) is 0 Å². The van der Waals surface area contributed by atoms with Crippen LogP contribution in [0, 0.1) is 0 Å². The number of halogens is 6. The molecule has 0 saturated carbocycles. The van der Waals surface area contributed by atoms with Crippen molar-refractivity contribution in [2.75, 3.05) is 25.6 Å². The average molecular weight is 560 g/mol. The summed E-state index contributed by atoms with van der Waals surface area (Å²) in [6, 6.07) is 8.02. The molecule has 0 bridgehead atoms. The van der Waals surface area contributed by atoms with E-state index >= 15 is 0 Å². The number of nitrogens with one attached hydrogen (secondary N) is 5. The van der Waals surface area contributed by atoms with Crippen LogP contribution in [0.4, 0.5) is 32.2 Å². The lowest BCUT2D eigenvalue weighted by Gasteiger charge is -2.42. The number of hydrazine groups is 3. The quantitative estimate of drug-likeness (QED) is 0.249. The smallest absolute Gasteiger partial charge is 0.416 e. The summed E-state index contributed by atoms with van der Waals surface area (Å²) in [6.45, 7) is -0.254. The molecule has 0 aliphatic carbocycles. The summed E-state index contributed by atoms with van der Waals surface area (Å²) in [7, 11) is 3.53. The fourth-order valence-electron chi connectivity index (χ4n) is 4.40. The number of nitrogens with zero attached hydrogens (tertiary/aromatic N) is 2. The number of pyridine rings is 1. The van der Waals surface area contributed by atoms with Crippen LogP contribution < -0.4 is 36.9 Å². The van der Waals surface area contributed by atoms with Gasteiger partial charge in [-0.2, -0.15) is 37.4 Å². The number of rotatable bonds is 8. The van der Waals surface area contributed by atoms with Gasteiger partial charge in [0.15, 0.2) is 5.54 Å². The molecule has 0 spiro atoms. The molecule has 0 unspecified atom stereocenters. The molecule has 5 N–H and O–H groups in total. The molecule has 2 aliphatic heterocycles. The Morgan fingerprint density at radius 1 is 1.03 bits per heavy atom. The van der Waals surface area contributed by atoms with E-state index in [1.165, 1.54) is 18.3 Å². The fourth-order valence-corrected chi connectivity index (χ4v) is 4.40. The number of carbonyl (C=O) groups excluding carboxylic acids is 1. The van der Waals surface area contributed by atoms with E-state index in [-0.39, 0.29) is 35.5 Å². The van der Waals surface area contributed by atoms with Crippen molar-refractivity contribution < 1.29 is 35.9 Å². The summed E-state index contributed by atoms with van der Waals surface area (Å²) in [5.74, 6) is -0.264. The van der Waals surface area contributed by atoms with Crippen LogP contribution in [0.1, 0.15) is 30.4 Å². The minimum Gasteiger partial charge on any atom is -0.494 e. The minimum absolute atomic E-state index is 0.0383. The van der Waals surface area contributed by atoms with Crippen molar-refractivity contribution >= 4 is 17.3 Å². The summed E-state index contributed by atoms with van der Waals surface area (Å²) in [5.41, 5.74) is 8.05. The van der Waals surface area contributed by atoms with Gasteiger partial charge in [0.1, 0.15) is 17.7 Å². The van der Waals surface area contributed by atoms with Crippen molar-refractivity contribution in [2.24, 2.45) is 0 Å². The Morgan fingerprint density at radius 3 is 2.23 bits per heavy atom. The van der Waals surface area contributed by atoms with Crippen molar-refractivity contribution in [1.29, 1.82) is 0 Å². The van der Waals surface area contributed by atoms with Gasteiger partial charge in [0.2, 0.25) is 0 Å². The summed E-state index contributed by atoms with van der Waals surface area (Å²) >= 11 is 0. The van der Waals surface area contributed by atoms with Crippen LogP contribution in [-0.4, -0.2) is 50.1 Å². The fraction of sp³-hybridized carbons (Fsp3) is 0.417. The topological polar surface area (TPSA) is 103 Å². The van der Waals surface area contributed by atoms with E-state index in [4.69, 9.17) is 4.74 Å². The number of ether oxygens (including phenoxy) is 1. The lowest BCUT2D eigenvalue weighted by Crippen LogP contribution is -2.60. The van der Waals surface area contributed by atoms with Gasteiger partial charge < -0.3 is 15.0 Å². The van der Waals surface area contributed by atoms with Gasteiger partial charge in [-0.05, 0) is 47.4 Å². The van der Waals surface area contributed by atoms with Gasteiger partial charge in [0.05, 0.1) is 12.2 Å². The van der Waals surface area contributed by atoms with Gasteiger partial charge in [0.25, 0.3) is 5.91 Å². The molecule has 1 aromatic carbocycles. The third-order valence-corrected chi connectivity index (χ3v) is 6.38. The molecular formula is C24H27F6N7O2. The number of hydrogen-bond acceptors (Lipinski definition) is 8. The molecule has 15 heteroatoms. The molecular weight excluding hydrogens is 532 g/mol. The van der Waals surface area contributed by atoms with Crippen LogP contribution in [-0.2, 0) is 10.3 Å². The van der Waals surface area contributed by atoms with Crippen LogP contribution in [0.5, 0.6) is 5.75 Å². The number of amides is 1. The molecule has 1 atom stereocenters. The Bertz CT molecular complexity index is 1190. The average Bonchev–Trinajstić information content (AvgIpc) is 3.40. The lowest BCUT2D eigenvalue weighted by atomic mass is 9.76. The molecule has 1 fully saturated rings. The Balaban J connectivity index is 1.69. The zero-order chi connectivity index (χ0) is 28.4. The van der Waals surface area contributed by atoms with Crippen molar-refractivity contribution in [3.63, 3.8) is 0 Å². The van der Waals surface area contributed by atoms with E-state index in [2.05, 4.69) is 32.2 Å². The maximum atomic E-state index is 14.8. The molecule has 212 valence electrons. The van der Waals surface area contributed by atoms with Crippen LogP contribution >= 0.6 is 0 Å². The molecule has 39 heavy (non-hydrogen) atoms. The molecule has 2 aliphatic rings. The van der Waals surface area contributed by atoms with Gasteiger partial charge in [-0.25, -0.2) is 15.8 Å². The van der Waals surface area contributed by atoms with Crippen LogP contribution in [0.3, 0.4) is 0 Å². The monoisotopic (exact) mass is 559 g/mol. The van der Waals surface area contributed by atoms with Gasteiger partial charge in [-0.15, -0.1) is 0 Å². The summed E-state index contributed by atoms with van der Waals surface area (Å²) < 4.78 is 86.8. The predicted octanol–water partition coefficient (Wildman–Crippen LogP) is 3.04. The van der Waals surface area contributed by atoms with Crippen LogP contribution in [0.15, 0.2) is 48.2 Å². The molecule has 3 heterocycles. The normalized spacial score (nSPS) is 20.8. The Labute approximate surface area is 219 Å². The zero-order valence-corrected chi connectivity index (χ0v) is 20.9. The Hall–Kier alpha value is -3.40. The molecule has 4 rings (SSSR count). The second kappa shape index (κ2) is 11.0. The first-order valence-corrected chi connectivity index (χ1v) is 11.9. The van der Waals surface area contributed by atoms with E-state index < -0.39 is 42.8 Å². The maximum absolute atomic E-state index is 14.8. The van der Waals surface area contributed by atoms with E-state index in [0.717, 1.165) is 12.1 Å². The maximum Gasteiger partial charge on any atom is 0.416 e. The highest BCUT2D eigenvalue weighted by Crippen LogP contribution is 2.49. The number of benzene rings is 1. The van der Waals surface area contributed by atoms with E-state index in [0.29, 0.717) is 11.4 Å². The van der Waals surface area contributed by atoms with Gasteiger partial charge in [-0.3, -0.25) is 4.79 Å². The second-order valence-corrected chi connectivity index (χ2v) is 9.29. The largest absolute Gasteiger partial charge is 0.494 e. The Morgan fingerprint density at radius 2 is 1.69 bits per heavy atom. The minimum atomic E-state index is -4.92. The molecule has 1 saturated heterocycles. The van der Waals surface area contributed by atoms with Crippen molar-refractivity contribution in [1.82, 2.24) is 32.2 Å². The summed E-state index contributed by atoms with van der Waals surface area (Å²) in [5, 5.41) is 2.18. The van der Waals surface area contributed by atoms with Crippen molar-refractivity contribution in [3.8, 4) is 5.75 Å². The van der Waals surface area contributed by atoms with E-state index in [1.54, 1.807) is 31.1 Å². The highest BCUT2D eigenvalue weighted by Gasteiger charge is 2.60. The van der Waals surface area contributed by atoms with E-state index in [1.807, 2.05) is 0 Å². The number of hydrogen-bond donors (Lipinski definition) is 5. The highest BCUT2D eigenvalue weighted by atomic mass is 19.4. The van der Waals surface area contributed by atoms with E-state index in [9.17, 15) is 31.1 Å². The lowest BCUT2D eigenvalue weighted by molar-refractivity contribution is -0.202. The Kier molecular flexibility index (Phi) is 8.07. The van der Waals surface area contributed by atoms with Crippen molar-refractivity contribution in [2.45, 2.75) is 43.3 Å². The van der Waals surface area contributed by atoms with Crippen molar-refractivity contribution in [3.05, 3.63) is 59.3 Å². The zero-order valence-electron chi connectivity index (χ0n) is 20.9. The standard InChI is InChI=1S/C24H27F6N7O2/c1-37(2)18-9-4-14(13-31-18)17-12-22(24(28,29)30,32-21(38)19(17)20-33-35-36-34-20)15-5-7-16(8-6-15)39-11-3-10-23(25,26)27/h4-9,13,20,33-36H,3,10-12H2,1-2H3,(H,32,38)/t22-/m0/s1. The van der Waals surface area contributed by atoms with Gasteiger partial charge in [-0.1, -0.05) is 12.1 Å². The number of carbonyl (C=O) groups is 1. The highest BCUT2D eigenvalue weighted by molar-refractivity contribution is 6.05. The summed E-state index contributed by atoms with van der Waals surface area (Å²) in [6.07, 6.45) is -10.7. The molecule has 1 aromatic heterocycles.